The number of methoxy groups -OCH3 is 2. The van der Waals surface area contributed by atoms with Crippen LogP contribution in [-0.4, -0.2) is 77.1 Å². The van der Waals surface area contributed by atoms with Crippen molar-refractivity contribution in [1.82, 2.24) is 0 Å². The van der Waals surface area contributed by atoms with Crippen LogP contribution in [0.3, 0.4) is 0 Å². The van der Waals surface area contributed by atoms with Crippen molar-refractivity contribution in [3.8, 4) is 23.0 Å². The Kier molecular flexibility index (Phi) is 5.50. The highest BCUT2D eigenvalue weighted by molar-refractivity contribution is 5.55. The standard InChI is InChI=1S/C14H20O9/c1-20-8-4-6(3-7(16)13(8)21-2)22-14-12(19)11(18)10(17)9(5-15)23-14/h3-4,9-12,14-19H,5H2,1-2H3/t9-,10+,11+,12-,14-/m1/s1. The predicted octanol–water partition coefficient (Wildman–Crippen LogP) is -1.41. The lowest BCUT2D eigenvalue weighted by Crippen LogP contribution is -2.60. The topological polar surface area (TPSA) is 138 Å². The van der Waals surface area contributed by atoms with E-state index in [1.807, 2.05) is 0 Å². The van der Waals surface area contributed by atoms with Gasteiger partial charge in [-0.25, -0.2) is 0 Å². The molecule has 2 rings (SSSR count). The summed E-state index contributed by atoms with van der Waals surface area (Å²) in [7, 11) is 2.73. The fraction of sp³-hybridized carbons (Fsp3) is 0.571. The maximum absolute atomic E-state index is 9.92. The van der Waals surface area contributed by atoms with Gasteiger partial charge in [-0.15, -0.1) is 0 Å². The van der Waals surface area contributed by atoms with E-state index >= 15 is 0 Å². The average Bonchev–Trinajstić information content (AvgIpc) is 2.54. The number of phenolic OH excluding ortho intramolecular Hbond substituents is 1. The Morgan fingerprint density at radius 1 is 1.04 bits per heavy atom. The normalized spacial score (nSPS) is 30.8. The van der Waals surface area contributed by atoms with Gasteiger partial charge < -0.3 is 44.5 Å². The minimum atomic E-state index is -1.56. The largest absolute Gasteiger partial charge is 0.504 e. The van der Waals surface area contributed by atoms with Crippen LogP contribution in [0.5, 0.6) is 23.0 Å². The number of phenols is 1. The molecule has 130 valence electrons. The first-order valence-electron chi connectivity index (χ1n) is 6.85. The van der Waals surface area contributed by atoms with Crippen molar-refractivity contribution in [1.29, 1.82) is 0 Å². The molecule has 0 unspecified atom stereocenters. The van der Waals surface area contributed by atoms with Crippen molar-refractivity contribution >= 4 is 0 Å². The Balaban J connectivity index is 2.22. The third-order valence-electron chi connectivity index (χ3n) is 3.53. The molecule has 5 atom stereocenters. The van der Waals surface area contributed by atoms with Gasteiger partial charge in [-0.05, 0) is 0 Å². The number of ether oxygens (including phenoxy) is 4. The third kappa shape index (κ3) is 3.43. The number of benzene rings is 1. The predicted molar refractivity (Wildman–Crippen MR) is 75.6 cm³/mol. The number of hydrogen-bond donors (Lipinski definition) is 5. The van der Waals surface area contributed by atoms with Crippen LogP contribution < -0.4 is 14.2 Å². The van der Waals surface area contributed by atoms with E-state index in [4.69, 9.17) is 24.1 Å². The number of hydrogen-bond acceptors (Lipinski definition) is 9. The van der Waals surface area contributed by atoms with E-state index in [1.165, 1.54) is 26.4 Å². The summed E-state index contributed by atoms with van der Waals surface area (Å²) in [6.45, 7) is -0.567. The zero-order valence-electron chi connectivity index (χ0n) is 12.6. The van der Waals surface area contributed by atoms with E-state index in [1.54, 1.807) is 0 Å². The van der Waals surface area contributed by atoms with Gasteiger partial charge in [-0.3, -0.25) is 0 Å². The minimum absolute atomic E-state index is 0.0736. The van der Waals surface area contributed by atoms with Gasteiger partial charge in [0.15, 0.2) is 11.5 Å². The fourth-order valence-corrected chi connectivity index (χ4v) is 2.29. The van der Waals surface area contributed by atoms with E-state index in [0.29, 0.717) is 0 Å². The zero-order chi connectivity index (χ0) is 17.1. The highest BCUT2D eigenvalue weighted by atomic mass is 16.7. The van der Waals surface area contributed by atoms with Crippen molar-refractivity contribution in [3.05, 3.63) is 12.1 Å². The van der Waals surface area contributed by atoms with Crippen LogP contribution in [0.1, 0.15) is 0 Å². The van der Waals surface area contributed by atoms with Gasteiger partial charge in [0, 0.05) is 12.1 Å². The maximum Gasteiger partial charge on any atom is 0.229 e. The van der Waals surface area contributed by atoms with Crippen LogP contribution in [-0.2, 0) is 4.74 Å². The van der Waals surface area contributed by atoms with E-state index in [2.05, 4.69) is 0 Å². The lowest BCUT2D eigenvalue weighted by Gasteiger charge is -2.39. The molecule has 0 aliphatic carbocycles. The number of rotatable bonds is 5. The van der Waals surface area contributed by atoms with E-state index in [0.717, 1.165) is 0 Å². The second kappa shape index (κ2) is 7.20. The monoisotopic (exact) mass is 332 g/mol. The summed E-state index contributed by atoms with van der Waals surface area (Å²) in [5, 5.41) is 48.4. The zero-order valence-corrected chi connectivity index (χ0v) is 12.6. The first-order valence-corrected chi connectivity index (χ1v) is 6.85. The molecule has 0 aromatic heterocycles. The maximum atomic E-state index is 9.92. The van der Waals surface area contributed by atoms with Crippen LogP contribution in [0, 0.1) is 0 Å². The molecule has 1 fully saturated rings. The molecule has 0 saturated carbocycles. The number of aliphatic hydroxyl groups is 4. The molecule has 1 saturated heterocycles. The lowest BCUT2D eigenvalue weighted by molar-refractivity contribution is -0.277. The van der Waals surface area contributed by atoms with E-state index < -0.39 is 37.3 Å². The highest BCUT2D eigenvalue weighted by Crippen LogP contribution is 2.40. The Morgan fingerprint density at radius 3 is 2.30 bits per heavy atom. The van der Waals surface area contributed by atoms with Crippen LogP contribution in [0.4, 0.5) is 0 Å². The van der Waals surface area contributed by atoms with Gasteiger partial charge in [0.2, 0.25) is 12.0 Å². The van der Waals surface area contributed by atoms with Gasteiger partial charge in [0.25, 0.3) is 0 Å². The molecule has 1 aromatic rings. The quantitative estimate of drug-likeness (QED) is 0.440. The summed E-state index contributed by atoms with van der Waals surface area (Å²) in [4.78, 5) is 0. The van der Waals surface area contributed by atoms with Crippen LogP contribution in [0.25, 0.3) is 0 Å². The average molecular weight is 332 g/mol. The van der Waals surface area contributed by atoms with Gasteiger partial charge in [-0.1, -0.05) is 0 Å². The fourth-order valence-electron chi connectivity index (χ4n) is 2.29. The van der Waals surface area contributed by atoms with Crippen LogP contribution in [0.2, 0.25) is 0 Å². The summed E-state index contributed by atoms with van der Waals surface area (Å²) in [6.07, 6.45) is -7.04. The highest BCUT2D eigenvalue weighted by Gasteiger charge is 2.44. The summed E-state index contributed by atoms with van der Waals surface area (Å²) in [5.41, 5.74) is 0. The van der Waals surface area contributed by atoms with Gasteiger partial charge >= 0.3 is 0 Å². The molecule has 1 aliphatic rings. The molecule has 1 aromatic carbocycles. The second-order valence-corrected chi connectivity index (χ2v) is 4.99. The molecular weight excluding hydrogens is 312 g/mol. The second-order valence-electron chi connectivity index (χ2n) is 4.99. The molecule has 9 nitrogen and oxygen atoms in total. The van der Waals surface area contributed by atoms with Crippen molar-refractivity contribution in [2.45, 2.75) is 30.7 Å². The number of aromatic hydroxyl groups is 1. The van der Waals surface area contributed by atoms with Gasteiger partial charge in [-0.2, -0.15) is 0 Å². The number of aliphatic hydroxyl groups excluding tert-OH is 4. The SMILES string of the molecule is COc1cc(O[C@@H]2O[C@H](CO)[C@H](O)[C@H](O)[C@H]2O)cc(O)c1OC. The molecular formula is C14H20O9. The van der Waals surface area contributed by atoms with E-state index in [9.17, 15) is 20.4 Å². The Morgan fingerprint density at radius 2 is 1.74 bits per heavy atom. The molecule has 0 amide bonds. The Labute approximate surface area is 132 Å². The van der Waals surface area contributed by atoms with Crippen molar-refractivity contribution in [3.63, 3.8) is 0 Å². The first kappa shape index (κ1) is 17.6. The molecule has 23 heavy (non-hydrogen) atoms. The van der Waals surface area contributed by atoms with E-state index in [-0.39, 0.29) is 23.0 Å². The Bertz CT molecular complexity index is 533. The van der Waals surface area contributed by atoms with Crippen LogP contribution >= 0.6 is 0 Å². The van der Waals surface area contributed by atoms with Gasteiger partial charge in [0.1, 0.15) is 30.2 Å². The molecule has 1 aliphatic heterocycles. The summed E-state index contributed by atoms with van der Waals surface area (Å²) in [6, 6.07) is 2.60. The first-order chi connectivity index (χ1) is 10.9. The summed E-state index contributed by atoms with van der Waals surface area (Å²) >= 11 is 0. The molecule has 1 heterocycles. The van der Waals surface area contributed by atoms with Crippen molar-refractivity contribution < 1.29 is 44.5 Å². The van der Waals surface area contributed by atoms with Crippen molar-refractivity contribution in [2.24, 2.45) is 0 Å². The van der Waals surface area contributed by atoms with Gasteiger partial charge in [0.05, 0.1) is 20.8 Å². The molecule has 9 heteroatoms. The molecule has 5 N–H and O–H groups in total. The molecule has 0 radical (unpaired) electrons. The summed E-state index contributed by atoms with van der Waals surface area (Å²) in [5.74, 6) is 0.108. The summed E-state index contributed by atoms with van der Waals surface area (Å²) < 4.78 is 20.6. The molecule has 0 bridgehead atoms. The van der Waals surface area contributed by atoms with Crippen molar-refractivity contribution in [2.75, 3.05) is 20.8 Å². The smallest absolute Gasteiger partial charge is 0.229 e. The third-order valence-corrected chi connectivity index (χ3v) is 3.53. The molecule has 0 spiro atoms. The van der Waals surface area contributed by atoms with Crippen LogP contribution in [0.15, 0.2) is 12.1 Å². The minimum Gasteiger partial charge on any atom is -0.504 e. The Hall–Kier alpha value is -1.78. The lowest BCUT2D eigenvalue weighted by atomic mass is 9.99.